The number of hydrogen-bond acceptors (Lipinski definition) is 4. The summed E-state index contributed by atoms with van der Waals surface area (Å²) in [5.41, 5.74) is 0. The van der Waals surface area contributed by atoms with Gasteiger partial charge in [-0.3, -0.25) is 9.59 Å². The molecule has 0 radical (unpaired) electrons. The third-order valence-corrected chi connectivity index (χ3v) is 4.60. The number of methoxy groups -OCH3 is 2. The van der Waals surface area contributed by atoms with Gasteiger partial charge in [0.15, 0.2) is 0 Å². The molecule has 0 aromatic rings. The van der Waals surface area contributed by atoms with E-state index in [1.165, 1.54) is 46.3 Å². The highest BCUT2D eigenvalue weighted by Gasteiger charge is 2.18. The first-order valence-electron chi connectivity index (χ1n) is 9.80. The van der Waals surface area contributed by atoms with Gasteiger partial charge >= 0.3 is 11.9 Å². The molecule has 0 saturated heterocycles. The SMILES string of the molecule is CCCCCCCCC(CCCCCCCC(=O)OC)C(=O)OC. The average Bonchev–Trinajstić information content (AvgIpc) is 2.60. The Morgan fingerprint density at radius 3 is 1.71 bits per heavy atom. The van der Waals surface area contributed by atoms with E-state index >= 15 is 0 Å². The van der Waals surface area contributed by atoms with Crippen molar-refractivity contribution in [2.24, 2.45) is 5.92 Å². The van der Waals surface area contributed by atoms with Crippen LogP contribution in [0.3, 0.4) is 0 Å². The highest BCUT2D eigenvalue weighted by Crippen LogP contribution is 2.20. The molecule has 0 fully saturated rings. The van der Waals surface area contributed by atoms with E-state index in [0.717, 1.165) is 51.4 Å². The molecule has 0 aromatic carbocycles. The Hall–Kier alpha value is -1.06. The van der Waals surface area contributed by atoms with Crippen LogP contribution < -0.4 is 0 Å². The second-order valence-corrected chi connectivity index (χ2v) is 6.66. The molecule has 0 aliphatic heterocycles. The Labute approximate surface area is 148 Å². The van der Waals surface area contributed by atoms with Crippen molar-refractivity contribution in [3.05, 3.63) is 0 Å². The minimum absolute atomic E-state index is 0.0470. The largest absolute Gasteiger partial charge is 0.469 e. The zero-order valence-electron chi connectivity index (χ0n) is 16.1. The maximum absolute atomic E-state index is 11.9. The minimum Gasteiger partial charge on any atom is -0.469 e. The van der Waals surface area contributed by atoms with E-state index in [4.69, 9.17) is 4.74 Å². The second kappa shape index (κ2) is 16.8. The van der Waals surface area contributed by atoms with E-state index in [1.54, 1.807) is 0 Å². The smallest absolute Gasteiger partial charge is 0.308 e. The third-order valence-electron chi connectivity index (χ3n) is 4.60. The summed E-state index contributed by atoms with van der Waals surface area (Å²) < 4.78 is 9.58. The highest BCUT2D eigenvalue weighted by atomic mass is 16.5. The van der Waals surface area contributed by atoms with E-state index in [2.05, 4.69) is 11.7 Å². The van der Waals surface area contributed by atoms with Crippen molar-refractivity contribution in [1.29, 1.82) is 0 Å². The lowest BCUT2D eigenvalue weighted by atomic mass is 9.94. The predicted octanol–water partition coefficient (Wildman–Crippen LogP) is 5.43. The van der Waals surface area contributed by atoms with Crippen molar-refractivity contribution in [1.82, 2.24) is 0 Å². The van der Waals surface area contributed by atoms with Gasteiger partial charge in [0, 0.05) is 6.42 Å². The molecule has 0 spiro atoms. The quantitative estimate of drug-likeness (QED) is 0.277. The summed E-state index contributed by atoms with van der Waals surface area (Å²) in [7, 11) is 2.92. The first kappa shape index (κ1) is 22.9. The Morgan fingerprint density at radius 2 is 1.21 bits per heavy atom. The Morgan fingerprint density at radius 1 is 0.708 bits per heavy atom. The summed E-state index contributed by atoms with van der Waals surface area (Å²) in [5, 5.41) is 0. The summed E-state index contributed by atoms with van der Waals surface area (Å²) in [5.74, 6) is -0.106. The molecule has 0 aliphatic rings. The zero-order valence-corrected chi connectivity index (χ0v) is 16.1. The molecule has 4 heteroatoms. The molecule has 0 aliphatic carbocycles. The van der Waals surface area contributed by atoms with Crippen LogP contribution in [0.1, 0.15) is 96.8 Å². The summed E-state index contributed by atoms with van der Waals surface area (Å²) >= 11 is 0. The lowest BCUT2D eigenvalue weighted by Crippen LogP contribution is -2.16. The summed E-state index contributed by atoms with van der Waals surface area (Å²) in [6.07, 6.45) is 15.2. The first-order valence-corrected chi connectivity index (χ1v) is 9.80. The van der Waals surface area contributed by atoms with Crippen molar-refractivity contribution >= 4 is 11.9 Å². The number of unbranched alkanes of at least 4 members (excludes halogenated alkanes) is 9. The number of rotatable bonds is 16. The van der Waals surface area contributed by atoms with E-state index in [9.17, 15) is 9.59 Å². The maximum atomic E-state index is 11.9. The molecule has 0 N–H and O–H groups in total. The lowest BCUT2D eigenvalue weighted by molar-refractivity contribution is -0.146. The summed E-state index contributed by atoms with van der Waals surface area (Å²) in [6, 6.07) is 0. The van der Waals surface area contributed by atoms with Crippen LogP contribution in [-0.2, 0) is 19.1 Å². The molecule has 0 saturated carbocycles. The Bertz CT molecular complexity index is 315. The van der Waals surface area contributed by atoms with Crippen LogP contribution in [0.4, 0.5) is 0 Å². The molecule has 1 atom stereocenters. The molecule has 4 nitrogen and oxygen atoms in total. The first-order chi connectivity index (χ1) is 11.7. The molecule has 0 bridgehead atoms. The van der Waals surface area contributed by atoms with E-state index in [-0.39, 0.29) is 17.9 Å². The fraction of sp³-hybridized carbons (Fsp3) is 0.900. The Balaban J connectivity index is 3.72. The van der Waals surface area contributed by atoms with Gasteiger partial charge in [0.2, 0.25) is 0 Å². The van der Waals surface area contributed by atoms with Gasteiger partial charge in [0.05, 0.1) is 20.1 Å². The van der Waals surface area contributed by atoms with Gasteiger partial charge in [0.1, 0.15) is 0 Å². The molecule has 24 heavy (non-hydrogen) atoms. The van der Waals surface area contributed by atoms with Crippen molar-refractivity contribution < 1.29 is 19.1 Å². The monoisotopic (exact) mass is 342 g/mol. The van der Waals surface area contributed by atoms with Crippen LogP contribution in [0, 0.1) is 5.92 Å². The molecule has 0 rings (SSSR count). The van der Waals surface area contributed by atoms with Crippen LogP contribution in [-0.4, -0.2) is 26.2 Å². The fourth-order valence-corrected chi connectivity index (χ4v) is 3.01. The van der Waals surface area contributed by atoms with Crippen LogP contribution in [0.2, 0.25) is 0 Å². The fourth-order valence-electron chi connectivity index (χ4n) is 3.01. The van der Waals surface area contributed by atoms with Crippen LogP contribution in [0.5, 0.6) is 0 Å². The van der Waals surface area contributed by atoms with Crippen LogP contribution in [0.25, 0.3) is 0 Å². The molecule has 1 unspecified atom stereocenters. The van der Waals surface area contributed by atoms with Gasteiger partial charge in [-0.25, -0.2) is 0 Å². The zero-order chi connectivity index (χ0) is 18.0. The predicted molar refractivity (Wildman–Crippen MR) is 97.8 cm³/mol. The normalized spacial score (nSPS) is 12.0. The summed E-state index contributed by atoms with van der Waals surface area (Å²) in [6.45, 7) is 2.22. The van der Waals surface area contributed by atoms with Gasteiger partial charge in [0.25, 0.3) is 0 Å². The van der Waals surface area contributed by atoms with Crippen molar-refractivity contribution in [2.45, 2.75) is 96.8 Å². The van der Waals surface area contributed by atoms with E-state index < -0.39 is 0 Å². The number of carbonyl (C=O) groups excluding carboxylic acids is 2. The number of carbonyl (C=O) groups is 2. The lowest BCUT2D eigenvalue weighted by Gasteiger charge is -2.14. The molecular formula is C20H38O4. The van der Waals surface area contributed by atoms with Crippen molar-refractivity contribution in [2.75, 3.05) is 14.2 Å². The van der Waals surface area contributed by atoms with Crippen LogP contribution in [0.15, 0.2) is 0 Å². The standard InChI is InChI=1S/C20H38O4/c1-4-5-6-7-9-12-15-18(20(22)24-3)16-13-10-8-11-14-17-19(21)23-2/h18H,4-17H2,1-3H3. The number of hydrogen-bond donors (Lipinski definition) is 0. The van der Waals surface area contributed by atoms with Gasteiger partial charge < -0.3 is 9.47 Å². The maximum Gasteiger partial charge on any atom is 0.308 e. The molecule has 142 valence electrons. The number of ether oxygens (including phenoxy) is 2. The molecular weight excluding hydrogens is 304 g/mol. The molecule has 0 amide bonds. The van der Waals surface area contributed by atoms with Gasteiger partial charge in [-0.1, -0.05) is 71.1 Å². The van der Waals surface area contributed by atoms with Gasteiger partial charge in [-0.05, 0) is 19.3 Å². The number of esters is 2. The van der Waals surface area contributed by atoms with Crippen molar-refractivity contribution in [3.8, 4) is 0 Å². The molecule has 0 heterocycles. The Kier molecular flexibility index (Phi) is 16.0. The van der Waals surface area contributed by atoms with Crippen molar-refractivity contribution in [3.63, 3.8) is 0 Å². The van der Waals surface area contributed by atoms with Gasteiger partial charge in [-0.2, -0.15) is 0 Å². The van der Waals surface area contributed by atoms with Crippen LogP contribution >= 0.6 is 0 Å². The minimum atomic E-state index is -0.125. The third kappa shape index (κ3) is 13.4. The highest BCUT2D eigenvalue weighted by molar-refractivity contribution is 5.72. The van der Waals surface area contributed by atoms with E-state index in [0.29, 0.717) is 6.42 Å². The topological polar surface area (TPSA) is 52.6 Å². The van der Waals surface area contributed by atoms with E-state index in [1.807, 2.05) is 0 Å². The average molecular weight is 343 g/mol. The molecule has 0 aromatic heterocycles. The summed E-state index contributed by atoms with van der Waals surface area (Å²) in [4.78, 5) is 22.9. The second-order valence-electron chi connectivity index (χ2n) is 6.66. The van der Waals surface area contributed by atoms with Gasteiger partial charge in [-0.15, -0.1) is 0 Å².